The van der Waals surface area contributed by atoms with Gasteiger partial charge in [-0.2, -0.15) is 0 Å². The largest absolute Gasteiger partial charge is 0.508 e. The van der Waals surface area contributed by atoms with E-state index in [-0.39, 0.29) is 11.5 Å². The van der Waals surface area contributed by atoms with Crippen LogP contribution in [-0.4, -0.2) is 10.2 Å². The standard InChI is InChI=1S/C22H34O2/c1-15-6-9-20-21(2,3)10-5-11-22(20,4)19(15)8-7-16-12-17(23)14-18(24)13-16/h12-15,19-20,23-24H,5-11H2,1-4H3. The summed E-state index contributed by atoms with van der Waals surface area (Å²) in [5, 5.41) is 19.5. The Kier molecular flexibility index (Phi) is 4.61. The molecule has 4 unspecified atom stereocenters. The highest BCUT2D eigenvalue weighted by atomic mass is 16.3. The minimum atomic E-state index is 0.171. The first-order chi connectivity index (χ1) is 11.2. The Bertz CT molecular complexity index is 571. The molecule has 0 aliphatic heterocycles. The molecule has 0 saturated heterocycles. The zero-order valence-corrected chi connectivity index (χ0v) is 15.8. The average molecular weight is 331 g/mol. The van der Waals surface area contributed by atoms with Crippen LogP contribution in [0.25, 0.3) is 0 Å². The Morgan fingerprint density at radius 1 is 1.00 bits per heavy atom. The third-order valence-electron chi connectivity index (χ3n) is 7.43. The van der Waals surface area contributed by atoms with E-state index in [1.54, 1.807) is 12.1 Å². The average Bonchev–Trinajstić information content (AvgIpc) is 2.44. The van der Waals surface area contributed by atoms with Crippen molar-refractivity contribution in [3.8, 4) is 11.5 Å². The van der Waals surface area contributed by atoms with Crippen molar-refractivity contribution in [2.75, 3.05) is 0 Å². The summed E-state index contributed by atoms with van der Waals surface area (Å²) in [6.07, 6.45) is 8.92. The predicted molar refractivity (Wildman–Crippen MR) is 99.2 cm³/mol. The van der Waals surface area contributed by atoms with Gasteiger partial charge >= 0.3 is 0 Å². The maximum atomic E-state index is 9.73. The van der Waals surface area contributed by atoms with Crippen LogP contribution in [0.1, 0.15) is 71.8 Å². The van der Waals surface area contributed by atoms with Crippen LogP contribution >= 0.6 is 0 Å². The molecule has 4 atom stereocenters. The van der Waals surface area contributed by atoms with E-state index in [0.29, 0.717) is 10.8 Å². The molecule has 2 N–H and O–H groups in total. The van der Waals surface area contributed by atoms with Gasteiger partial charge in [0.1, 0.15) is 11.5 Å². The molecule has 3 rings (SSSR count). The quantitative estimate of drug-likeness (QED) is 0.723. The molecular weight excluding hydrogens is 296 g/mol. The number of aromatic hydroxyl groups is 2. The van der Waals surface area contributed by atoms with Gasteiger partial charge in [0.05, 0.1) is 0 Å². The summed E-state index contributed by atoms with van der Waals surface area (Å²) in [7, 11) is 0. The molecule has 2 heteroatoms. The van der Waals surface area contributed by atoms with Crippen LogP contribution in [0.4, 0.5) is 0 Å². The number of aryl methyl sites for hydroxylation is 1. The molecule has 24 heavy (non-hydrogen) atoms. The van der Waals surface area contributed by atoms with Crippen LogP contribution in [0, 0.1) is 28.6 Å². The maximum absolute atomic E-state index is 9.73. The highest BCUT2D eigenvalue weighted by Gasteiger charge is 2.53. The van der Waals surface area contributed by atoms with Gasteiger partial charge in [-0.25, -0.2) is 0 Å². The van der Waals surface area contributed by atoms with Gasteiger partial charge in [-0.15, -0.1) is 0 Å². The molecule has 0 heterocycles. The zero-order chi connectivity index (χ0) is 17.5. The SMILES string of the molecule is CC1CCC2C(C)(C)CCCC2(C)C1CCc1cc(O)cc(O)c1. The summed E-state index contributed by atoms with van der Waals surface area (Å²) in [6, 6.07) is 5.02. The van der Waals surface area contributed by atoms with E-state index in [9.17, 15) is 10.2 Å². The van der Waals surface area contributed by atoms with Gasteiger partial charge < -0.3 is 10.2 Å². The Morgan fingerprint density at radius 2 is 1.67 bits per heavy atom. The molecule has 2 saturated carbocycles. The van der Waals surface area contributed by atoms with Crippen LogP contribution in [-0.2, 0) is 6.42 Å². The van der Waals surface area contributed by atoms with Crippen molar-refractivity contribution in [2.24, 2.45) is 28.6 Å². The Labute approximate surface area is 147 Å². The lowest BCUT2D eigenvalue weighted by atomic mass is 9.46. The van der Waals surface area contributed by atoms with Crippen LogP contribution in [0.3, 0.4) is 0 Å². The van der Waals surface area contributed by atoms with E-state index in [0.717, 1.165) is 36.2 Å². The summed E-state index contributed by atoms with van der Waals surface area (Å²) in [5.41, 5.74) is 1.97. The first-order valence-corrected chi connectivity index (χ1v) is 9.74. The molecule has 0 amide bonds. The van der Waals surface area contributed by atoms with E-state index < -0.39 is 0 Å². The second-order valence-electron chi connectivity index (χ2n) is 9.46. The maximum Gasteiger partial charge on any atom is 0.119 e. The molecule has 1 aromatic carbocycles. The van der Waals surface area contributed by atoms with E-state index in [1.807, 2.05) is 0 Å². The van der Waals surface area contributed by atoms with Crippen molar-refractivity contribution in [3.05, 3.63) is 23.8 Å². The highest BCUT2D eigenvalue weighted by Crippen LogP contribution is 2.61. The van der Waals surface area contributed by atoms with E-state index in [1.165, 1.54) is 38.2 Å². The van der Waals surface area contributed by atoms with Crippen molar-refractivity contribution in [1.82, 2.24) is 0 Å². The second kappa shape index (κ2) is 6.28. The van der Waals surface area contributed by atoms with Crippen molar-refractivity contribution < 1.29 is 10.2 Å². The summed E-state index contributed by atoms with van der Waals surface area (Å²) >= 11 is 0. The van der Waals surface area contributed by atoms with Gasteiger partial charge in [-0.05, 0) is 78.4 Å². The van der Waals surface area contributed by atoms with E-state index >= 15 is 0 Å². The molecular formula is C22H34O2. The first kappa shape index (κ1) is 17.6. The van der Waals surface area contributed by atoms with Gasteiger partial charge in [0.15, 0.2) is 0 Å². The number of hydrogen-bond donors (Lipinski definition) is 2. The fourth-order valence-corrected chi connectivity index (χ4v) is 6.35. The van der Waals surface area contributed by atoms with Crippen molar-refractivity contribution in [2.45, 2.75) is 72.6 Å². The molecule has 134 valence electrons. The molecule has 0 spiro atoms. The molecule has 0 aromatic heterocycles. The van der Waals surface area contributed by atoms with Crippen molar-refractivity contribution in [1.29, 1.82) is 0 Å². The Hall–Kier alpha value is -1.18. The first-order valence-electron chi connectivity index (χ1n) is 9.74. The third-order valence-corrected chi connectivity index (χ3v) is 7.43. The molecule has 1 aromatic rings. The minimum Gasteiger partial charge on any atom is -0.508 e. The van der Waals surface area contributed by atoms with E-state index in [4.69, 9.17) is 0 Å². The Balaban J connectivity index is 1.79. The smallest absolute Gasteiger partial charge is 0.119 e. The third kappa shape index (κ3) is 3.17. The lowest BCUT2D eigenvalue weighted by molar-refractivity contribution is -0.0957. The van der Waals surface area contributed by atoms with Crippen molar-refractivity contribution >= 4 is 0 Å². The molecule has 2 aliphatic rings. The lowest BCUT2D eigenvalue weighted by Crippen LogP contribution is -2.51. The fourth-order valence-electron chi connectivity index (χ4n) is 6.35. The topological polar surface area (TPSA) is 40.5 Å². The van der Waals surface area contributed by atoms with Crippen LogP contribution < -0.4 is 0 Å². The number of fused-ring (bicyclic) bond motifs is 1. The van der Waals surface area contributed by atoms with Gasteiger partial charge in [0, 0.05) is 6.07 Å². The fraction of sp³-hybridized carbons (Fsp3) is 0.727. The number of benzene rings is 1. The molecule has 0 radical (unpaired) electrons. The number of rotatable bonds is 3. The number of phenols is 2. The molecule has 2 aliphatic carbocycles. The monoisotopic (exact) mass is 330 g/mol. The molecule has 2 nitrogen and oxygen atoms in total. The van der Waals surface area contributed by atoms with E-state index in [2.05, 4.69) is 27.7 Å². The summed E-state index contributed by atoms with van der Waals surface area (Å²) in [6.45, 7) is 9.96. The summed E-state index contributed by atoms with van der Waals surface area (Å²) < 4.78 is 0. The number of hydrogen-bond acceptors (Lipinski definition) is 2. The van der Waals surface area contributed by atoms with Crippen LogP contribution in [0.15, 0.2) is 18.2 Å². The van der Waals surface area contributed by atoms with Crippen LogP contribution in [0.5, 0.6) is 11.5 Å². The van der Waals surface area contributed by atoms with Crippen molar-refractivity contribution in [3.63, 3.8) is 0 Å². The number of phenolic OH excluding ortho intramolecular Hbond substituents is 2. The van der Waals surface area contributed by atoms with Gasteiger partial charge in [-0.3, -0.25) is 0 Å². The zero-order valence-electron chi connectivity index (χ0n) is 15.8. The lowest BCUT2D eigenvalue weighted by Gasteiger charge is -2.59. The highest BCUT2D eigenvalue weighted by molar-refractivity contribution is 5.36. The van der Waals surface area contributed by atoms with Gasteiger partial charge in [0.2, 0.25) is 0 Å². The molecule has 2 fully saturated rings. The normalized spacial score (nSPS) is 35.4. The van der Waals surface area contributed by atoms with Gasteiger partial charge in [-0.1, -0.05) is 40.5 Å². The van der Waals surface area contributed by atoms with Gasteiger partial charge in [0.25, 0.3) is 0 Å². The van der Waals surface area contributed by atoms with Crippen LogP contribution in [0.2, 0.25) is 0 Å². The Morgan fingerprint density at radius 3 is 2.33 bits per heavy atom. The summed E-state index contributed by atoms with van der Waals surface area (Å²) in [4.78, 5) is 0. The summed E-state index contributed by atoms with van der Waals surface area (Å²) in [5.74, 6) is 2.68. The second-order valence-corrected chi connectivity index (χ2v) is 9.46. The predicted octanol–water partition coefficient (Wildman–Crippen LogP) is 5.91. The molecule has 0 bridgehead atoms. The minimum absolute atomic E-state index is 0.171.